The lowest BCUT2D eigenvalue weighted by atomic mass is 9.88. The molecule has 1 unspecified atom stereocenters. The van der Waals surface area contributed by atoms with Crippen LogP contribution in [-0.2, 0) is 0 Å². The Bertz CT molecular complexity index is 565. The average molecular weight is 377 g/mol. The van der Waals surface area contributed by atoms with Gasteiger partial charge in [-0.3, -0.25) is 4.79 Å². The first kappa shape index (κ1) is 21.0. The Labute approximate surface area is 155 Å². The van der Waals surface area contributed by atoms with Gasteiger partial charge in [0.2, 0.25) is 0 Å². The summed E-state index contributed by atoms with van der Waals surface area (Å²) < 4.78 is 11.3. The highest BCUT2D eigenvalue weighted by atomic mass is 35.5. The first-order valence-electron chi connectivity index (χ1n) is 7.93. The highest BCUT2D eigenvalue weighted by Gasteiger charge is 2.36. The van der Waals surface area contributed by atoms with Crippen molar-refractivity contribution in [3.8, 4) is 11.5 Å². The maximum absolute atomic E-state index is 12.5. The van der Waals surface area contributed by atoms with Crippen LogP contribution in [0.4, 0.5) is 0 Å². The Morgan fingerprint density at radius 1 is 1.29 bits per heavy atom. The molecule has 0 spiro atoms. The van der Waals surface area contributed by atoms with Gasteiger partial charge < -0.3 is 19.7 Å². The van der Waals surface area contributed by atoms with E-state index in [0.717, 1.165) is 39.1 Å². The number of benzene rings is 1. The van der Waals surface area contributed by atoms with E-state index in [0.29, 0.717) is 23.5 Å². The molecular weight excluding hydrogens is 351 g/mol. The molecule has 5 nitrogen and oxygen atoms in total. The maximum Gasteiger partial charge on any atom is 0.170 e. The standard InChI is InChI=1S/C17H24N2O3.2ClH/c1-17(5-8-19-9-6-18-7-10-19)12-15(20)14-11-13(21-2)3-4-16(14)22-17;;/h3-4,11,18H,5-10,12H2,1-2H3;2*1H. The number of fused-ring (bicyclic) bond motifs is 1. The summed E-state index contributed by atoms with van der Waals surface area (Å²) in [6.07, 6.45) is 1.30. The van der Waals surface area contributed by atoms with Crippen molar-refractivity contribution in [2.45, 2.75) is 25.4 Å². The molecule has 1 aromatic carbocycles. The minimum absolute atomic E-state index is 0. The second-order valence-electron chi connectivity index (χ2n) is 6.36. The van der Waals surface area contributed by atoms with Crippen LogP contribution in [0.1, 0.15) is 30.1 Å². The molecule has 1 aromatic rings. The van der Waals surface area contributed by atoms with Crippen LogP contribution in [0.15, 0.2) is 18.2 Å². The van der Waals surface area contributed by atoms with Crippen LogP contribution in [0.2, 0.25) is 0 Å². The smallest absolute Gasteiger partial charge is 0.170 e. The van der Waals surface area contributed by atoms with Gasteiger partial charge in [-0.1, -0.05) is 0 Å². The van der Waals surface area contributed by atoms with E-state index < -0.39 is 5.60 Å². The lowest BCUT2D eigenvalue weighted by molar-refractivity contribution is 0.0386. The van der Waals surface area contributed by atoms with Gasteiger partial charge >= 0.3 is 0 Å². The second kappa shape index (κ2) is 8.90. The van der Waals surface area contributed by atoms with Crippen molar-refractivity contribution in [1.82, 2.24) is 10.2 Å². The van der Waals surface area contributed by atoms with Gasteiger partial charge in [0, 0.05) is 32.7 Å². The number of halogens is 2. The highest BCUT2D eigenvalue weighted by molar-refractivity contribution is 6.00. The van der Waals surface area contributed by atoms with E-state index in [1.165, 1.54) is 0 Å². The third-order valence-electron chi connectivity index (χ3n) is 4.54. The van der Waals surface area contributed by atoms with E-state index in [1.807, 2.05) is 19.1 Å². The lowest BCUT2D eigenvalue weighted by Gasteiger charge is -2.37. The first-order valence-corrected chi connectivity index (χ1v) is 7.93. The van der Waals surface area contributed by atoms with E-state index in [4.69, 9.17) is 9.47 Å². The number of piperazine rings is 1. The van der Waals surface area contributed by atoms with Gasteiger partial charge in [0.25, 0.3) is 0 Å². The zero-order valence-electron chi connectivity index (χ0n) is 14.2. The van der Waals surface area contributed by atoms with Crippen molar-refractivity contribution in [2.24, 2.45) is 0 Å². The summed E-state index contributed by atoms with van der Waals surface area (Å²) in [7, 11) is 1.60. The third kappa shape index (κ3) is 4.76. The van der Waals surface area contributed by atoms with Crippen LogP contribution >= 0.6 is 24.8 Å². The summed E-state index contributed by atoms with van der Waals surface area (Å²) in [6, 6.07) is 5.45. The molecule has 7 heteroatoms. The zero-order chi connectivity index (χ0) is 15.6. The predicted molar refractivity (Wildman–Crippen MR) is 99.4 cm³/mol. The SMILES string of the molecule is COc1ccc2c(c1)C(=O)CC(C)(CCN1CCNCC1)O2.Cl.Cl. The van der Waals surface area contributed by atoms with Crippen LogP contribution in [0.5, 0.6) is 11.5 Å². The molecule has 0 bridgehead atoms. The van der Waals surface area contributed by atoms with Gasteiger partial charge in [0.05, 0.1) is 19.1 Å². The van der Waals surface area contributed by atoms with E-state index in [1.54, 1.807) is 13.2 Å². The number of hydrogen-bond acceptors (Lipinski definition) is 5. The number of nitrogens with zero attached hydrogens (tertiary/aromatic N) is 1. The van der Waals surface area contributed by atoms with Crippen LogP contribution in [-0.4, -0.2) is 56.1 Å². The van der Waals surface area contributed by atoms with Crippen LogP contribution in [0.25, 0.3) is 0 Å². The molecule has 0 radical (unpaired) electrons. The van der Waals surface area contributed by atoms with Crippen LogP contribution < -0.4 is 14.8 Å². The van der Waals surface area contributed by atoms with Crippen LogP contribution in [0.3, 0.4) is 0 Å². The number of Topliss-reactive ketones (excluding diaryl/α,β-unsaturated/α-hetero) is 1. The average Bonchev–Trinajstić information content (AvgIpc) is 2.54. The largest absolute Gasteiger partial charge is 0.497 e. The lowest BCUT2D eigenvalue weighted by Crippen LogP contribution is -2.47. The molecule has 0 aromatic heterocycles. The molecule has 1 fully saturated rings. The fourth-order valence-corrected chi connectivity index (χ4v) is 3.15. The quantitative estimate of drug-likeness (QED) is 0.874. The maximum atomic E-state index is 12.5. The topological polar surface area (TPSA) is 50.8 Å². The molecule has 2 aliphatic heterocycles. The molecular formula is C17H26Cl2N2O3. The highest BCUT2D eigenvalue weighted by Crippen LogP contribution is 2.36. The van der Waals surface area contributed by atoms with E-state index in [2.05, 4.69) is 10.2 Å². The molecule has 2 aliphatic rings. The summed E-state index contributed by atoms with van der Waals surface area (Å²) in [4.78, 5) is 14.9. The van der Waals surface area contributed by atoms with Crippen molar-refractivity contribution >= 4 is 30.6 Å². The minimum Gasteiger partial charge on any atom is -0.497 e. The molecule has 1 atom stereocenters. The monoisotopic (exact) mass is 376 g/mol. The van der Waals surface area contributed by atoms with E-state index in [-0.39, 0.29) is 30.6 Å². The third-order valence-corrected chi connectivity index (χ3v) is 4.54. The zero-order valence-corrected chi connectivity index (χ0v) is 15.8. The van der Waals surface area contributed by atoms with Crippen molar-refractivity contribution in [3.05, 3.63) is 23.8 Å². The number of hydrogen-bond donors (Lipinski definition) is 1. The first-order chi connectivity index (χ1) is 10.6. The molecule has 0 amide bonds. The van der Waals surface area contributed by atoms with Crippen molar-refractivity contribution < 1.29 is 14.3 Å². The fraction of sp³-hybridized carbons (Fsp3) is 0.588. The van der Waals surface area contributed by atoms with Gasteiger partial charge in [0.15, 0.2) is 5.78 Å². The Morgan fingerprint density at radius 3 is 2.67 bits per heavy atom. The minimum atomic E-state index is -0.413. The van der Waals surface area contributed by atoms with Crippen molar-refractivity contribution in [3.63, 3.8) is 0 Å². The Hall–Kier alpha value is -1.01. The van der Waals surface area contributed by atoms with Crippen molar-refractivity contribution in [2.75, 3.05) is 39.8 Å². The van der Waals surface area contributed by atoms with Gasteiger partial charge in [-0.05, 0) is 31.5 Å². The number of rotatable bonds is 4. The molecule has 0 saturated carbocycles. The van der Waals surface area contributed by atoms with Gasteiger partial charge in [-0.15, -0.1) is 24.8 Å². The summed E-state index contributed by atoms with van der Waals surface area (Å²) in [6.45, 7) is 7.23. The number of carbonyl (C=O) groups excluding carboxylic acids is 1. The normalized spacial score (nSPS) is 23.3. The number of nitrogens with one attached hydrogen (secondary N) is 1. The van der Waals surface area contributed by atoms with E-state index >= 15 is 0 Å². The summed E-state index contributed by atoms with van der Waals surface area (Å²) in [5, 5.41) is 3.35. The molecule has 3 rings (SSSR count). The Kier molecular flexibility index (Phi) is 7.80. The number of ether oxygens (including phenoxy) is 2. The van der Waals surface area contributed by atoms with Gasteiger partial charge in [0.1, 0.15) is 17.1 Å². The van der Waals surface area contributed by atoms with Crippen LogP contribution in [0, 0.1) is 0 Å². The molecule has 1 saturated heterocycles. The molecule has 24 heavy (non-hydrogen) atoms. The Morgan fingerprint density at radius 2 is 2.00 bits per heavy atom. The summed E-state index contributed by atoms with van der Waals surface area (Å²) in [5.41, 5.74) is 0.225. The van der Waals surface area contributed by atoms with Gasteiger partial charge in [-0.2, -0.15) is 0 Å². The van der Waals surface area contributed by atoms with Gasteiger partial charge in [-0.25, -0.2) is 0 Å². The summed E-state index contributed by atoms with van der Waals surface area (Å²) >= 11 is 0. The molecule has 136 valence electrons. The number of carbonyl (C=O) groups is 1. The summed E-state index contributed by atoms with van der Waals surface area (Å²) in [5.74, 6) is 1.52. The number of methoxy groups -OCH3 is 1. The molecule has 2 heterocycles. The Balaban J connectivity index is 0.00000144. The second-order valence-corrected chi connectivity index (χ2v) is 6.36. The molecule has 1 N–H and O–H groups in total. The fourth-order valence-electron chi connectivity index (χ4n) is 3.15. The predicted octanol–water partition coefficient (Wildman–Crippen LogP) is 2.56. The number of ketones is 1. The van der Waals surface area contributed by atoms with Crippen molar-refractivity contribution in [1.29, 1.82) is 0 Å². The van der Waals surface area contributed by atoms with E-state index in [9.17, 15) is 4.79 Å². The molecule has 0 aliphatic carbocycles.